The van der Waals surface area contributed by atoms with Crippen molar-refractivity contribution in [2.75, 3.05) is 6.54 Å². The number of amides is 2. The molecule has 0 saturated carbocycles. The van der Waals surface area contributed by atoms with Gasteiger partial charge in [0.15, 0.2) is 0 Å². The minimum atomic E-state index is -0.492. The van der Waals surface area contributed by atoms with Gasteiger partial charge in [-0.2, -0.15) is 5.10 Å². The predicted molar refractivity (Wildman–Crippen MR) is 79.1 cm³/mol. The number of carbonyl (C=O) groups is 2. The molecule has 1 fully saturated rings. The van der Waals surface area contributed by atoms with Crippen molar-refractivity contribution in [3.63, 3.8) is 0 Å². The summed E-state index contributed by atoms with van der Waals surface area (Å²) in [6.45, 7) is 1.45. The molecule has 2 N–H and O–H groups in total. The largest absolute Gasteiger partial charge is 0.365 e. The summed E-state index contributed by atoms with van der Waals surface area (Å²) in [5, 5.41) is 4.19. The lowest BCUT2D eigenvalue weighted by atomic mass is 10.2. The highest BCUT2D eigenvalue weighted by Crippen LogP contribution is 2.24. The third-order valence-corrected chi connectivity index (χ3v) is 4.74. The maximum atomic E-state index is 12.6. The summed E-state index contributed by atoms with van der Waals surface area (Å²) in [6.07, 6.45) is 5.60. The second-order valence-corrected chi connectivity index (χ2v) is 6.13. The fourth-order valence-corrected chi connectivity index (χ4v) is 3.46. The van der Waals surface area contributed by atoms with Crippen LogP contribution in [0, 0.1) is 0 Å². The SMILES string of the molecule is NC(=O)c1ccc(C(=O)N2CCC[C@@H]2Cn2cccn2)s1. The predicted octanol–water partition coefficient (Wildman–Crippen LogP) is 1.35. The first kappa shape index (κ1) is 13.8. The summed E-state index contributed by atoms with van der Waals surface area (Å²) >= 11 is 1.16. The average Bonchev–Trinajstić information content (AvgIpc) is 3.20. The van der Waals surface area contributed by atoms with Gasteiger partial charge < -0.3 is 10.6 Å². The first-order valence-corrected chi connectivity index (χ1v) is 7.65. The van der Waals surface area contributed by atoms with Crippen LogP contribution < -0.4 is 5.73 Å². The summed E-state index contributed by atoms with van der Waals surface area (Å²) in [6, 6.07) is 5.31. The van der Waals surface area contributed by atoms with Crippen LogP contribution in [0.15, 0.2) is 30.6 Å². The maximum Gasteiger partial charge on any atom is 0.264 e. The van der Waals surface area contributed by atoms with Gasteiger partial charge in [-0.3, -0.25) is 14.3 Å². The molecule has 7 heteroatoms. The van der Waals surface area contributed by atoms with Gasteiger partial charge in [-0.05, 0) is 31.0 Å². The van der Waals surface area contributed by atoms with Gasteiger partial charge in [0.25, 0.3) is 11.8 Å². The lowest BCUT2D eigenvalue weighted by Gasteiger charge is -2.24. The van der Waals surface area contributed by atoms with Crippen LogP contribution >= 0.6 is 11.3 Å². The third-order valence-electron chi connectivity index (χ3n) is 3.65. The van der Waals surface area contributed by atoms with Gasteiger partial charge in [-0.1, -0.05) is 0 Å². The van der Waals surface area contributed by atoms with E-state index in [1.54, 1.807) is 18.3 Å². The molecule has 0 aliphatic carbocycles. The van der Waals surface area contributed by atoms with Crippen molar-refractivity contribution in [1.82, 2.24) is 14.7 Å². The number of nitrogens with two attached hydrogens (primary N) is 1. The molecule has 3 rings (SSSR count). The Balaban J connectivity index is 1.74. The molecule has 1 aliphatic rings. The number of rotatable bonds is 4. The summed E-state index contributed by atoms with van der Waals surface area (Å²) in [5.74, 6) is -0.518. The van der Waals surface area contributed by atoms with Gasteiger partial charge in [0.05, 0.1) is 22.3 Å². The highest BCUT2D eigenvalue weighted by Gasteiger charge is 2.30. The van der Waals surface area contributed by atoms with Crippen molar-refractivity contribution in [2.24, 2.45) is 5.73 Å². The Kier molecular flexibility index (Phi) is 3.74. The van der Waals surface area contributed by atoms with E-state index in [-0.39, 0.29) is 11.9 Å². The third kappa shape index (κ3) is 2.82. The van der Waals surface area contributed by atoms with Crippen molar-refractivity contribution < 1.29 is 9.59 Å². The van der Waals surface area contributed by atoms with Gasteiger partial charge >= 0.3 is 0 Å². The van der Waals surface area contributed by atoms with E-state index in [2.05, 4.69) is 5.10 Å². The molecular formula is C14H16N4O2S. The molecule has 1 atom stereocenters. The summed E-state index contributed by atoms with van der Waals surface area (Å²) in [4.78, 5) is 26.6. The number of likely N-dealkylation sites (tertiary alicyclic amines) is 1. The zero-order chi connectivity index (χ0) is 14.8. The second-order valence-electron chi connectivity index (χ2n) is 5.05. The quantitative estimate of drug-likeness (QED) is 0.925. The molecule has 0 spiro atoms. The fraction of sp³-hybridized carbons (Fsp3) is 0.357. The molecule has 2 amide bonds. The summed E-state index contributed by atoms with van der Waals surface area (Å²) in [5.41, 5.74) is 5.23. The first-order valence-electron chi connectivity index (χ1n) is 6.83. The molecular weight excluding hydrogens is 288 g/mol. The molecule has 0 radical (unpaired) electrons. The molecule has 2 aromatic rings. The number of nitrogens with zero attached hydrogens (tertiary/aromatic N) is 3. The Morgan fingerprint density at radius 1 is 1.38 bits per heavy atom. The van der Waals surface area contributed by atoms with E-state index < -0.39 is 5.91 Å². The van der Waals surface area contributed by atoms with E-state index in [0.717, 1.165) is 30.7 Å². The highest BCUT2D eigenvalue weighted by atomic mass is 32.1. The van der Waals surface area contributed by atoms with Crippen LogP contribution in [0.2, 0.25) is 0 Å². The van der Waals surface area contributed by atoms with E-state index in [9.17, 15) is 9.59 Å². The van der Waals surface area contributed by atoms with Crippen LogP contribution in [-0.4, -0.2) is 39.1 Å². The minimum Gasteiger partial charge on any atom is -0.365 e. The monoisotopic (exact) mass is 304 g/mol. The molecule has 6 nitrogen and oxygen atoms in total. The lowest BCUT2D eigenvalue weighted by Crippen LogP contribution is -2.37. The lowest BCUT2D eigenvalue weighted by molar-refractivity contribution is 0.0726. The summed E-state index contributed by atoms with van der Waals surface area (Å²) in [7, 11) is 0. The molecule has 110 valence electrons. The number of hydrogen-bond donors (Lipinski definition) is 1. The smallest absolute Gasteiger partial charge is 0.264 e. The Labute approximate surface area is 126 Å². The van der Waals surface area contributed by atoms with Crippen molar-refractivity contribution in [1.29, 1.82) is 0 Å². The van der Waals surface area contributed by atoms with Crippen LogP contribution in [0.1, 0.15) is 32.2 Å². The van der Waals surface area contributed by atoms with Crippen LogP contribution in [-0.2, 0) is 6.54 Å². The Morgan fingerprint density at radius 3 is 2.86 bits per heavy atom. The molecule has 1 saturated heterocycles. The Bertz CT molecular complexity index is 650. The van der Waals surface area contributed by atoms with Gasteiger partial charge in [-0.15, -0.1) is 11.3 Å². The van der Waals surface area contributed by atoms with Crippen molar-refractivity contribution in [3.8, 4) is 0 Å². The van der Waals surface area contributed by atoms with Gasteiger partial charge in [-0.25, -0.2) is 0 Å². The van der Waals surface area contributed by atoms with E-state index in [4.69, 9.17) is 5.73 Å². The van der Waals surface area contributed by atoms with Crippen LogP contribution in [0.25, 0.3) is 0 Å². The maximum absolute atomic E-state index is 12.6. The number of aromatic nitrogens is 2. The molecule has 21 heavy (non-hydrogen) atoms. The zero-order valence-corrected chi connectivity index (χ0v) is 12.3. The topological polar surface area (TPSA) is 81.2 Å². The number of thiophene rings is 1. The molecule has 0 unspecified atom stereocenters. The van der Waals surface area contributed by atoms with Crippen LogP contribution in [0.3, 0.4) is 0 Å². The van der Waals surface area contributed by atoms with Crippen molar-refractivity contribution in [2.45, 2.75) is 25.4 Å². The molecule has 3 heterocycles. The number of hydrogen-bond acceptors (Lipinski definition) is 4. The number of carbonyl (C=O) groups excluding carboxylic acids is 2. The van der Waals surface area contributed by atoms with Gasteiger partial charge in [0.2, 0.25) is 0 Å². The first-order chi connectivity index (χ1) is 10.1. The van der Waals surface area contributed by atoms with Gasteiger partial charge in [0.1, 0.15) is 0 Å². The molecule has 0 bridgehead atoms. The zero-order valence-electron chi connectivity index (χ0n) is 11.4. The number of primary amides is 1. The Morgan fingerprint density at radius 2 is 2.19 bits per heavy atom. The van der Waals surface area contributed by atoms with E-state index in [0.29, 0.717) is 16.3 Å². The summed E-state index contributed by atoms with van der Waals surface area (Å²) < 4.78 is 1.85. The fourth-order valence-electron chi connectivity index (χ4n) is 2.64. The average molecular weight is 304 g/mol. The van der Waals surface area contributed by atoms with Crippen LogP contribution in [0.4, 0.5) is 0 Å². The van der Waals surface area contributed by atoms with E-state index in [1.165, 1.54) is 0 Å². The second kappa shape index (κ2) is 5.69. The molecule has 2 aromatic heterocycles. The molecule has 0 aromatic carbocycles. The van der Waals surface area contributed by atoms with E-state index in [1.807, 2.05) is 21.8 Å². The standard InChI is InChI=1S/C14H16N4O2S/c15-13(19)11-4-5-12(21-11)14(20)18-8-1-3-10(18)9-17-7-2-6-16-17/h2,4-7,10H,1,3,8-9H2,(H2,15,19)/t10-/m1/s1. The minimum absolute atomic E-state index is 0.0258. The normalized spacial score (nSPS) is 18.1. The van der Waals surface area contributed by atoms with Crippen molar-refractivity contribution >= 4 is 23.2 Å². The molecule has 1 aliphatic heterocycles. The van der Waals surface area contributed by atoms with Crippen molar-refractivity contribution in [3.05, 3.63) is 40.3 Å². The van der Waals surface area contributed by atoms with Gasteiger partial charge in [0, 0.05) is 18.9 Å². The van der Waals surface area contributed by atoms with E-state index >= 15 is 0 Å². The highest BCUT2D eigenvalue weighted by molar-refractivity contribution is 7.15. The Hall–Kier alpha value is -2.15. The van der Waals surface area contributed by atoms with Crippen LogP contribution in [0.5, 0.6) is 0 Å².